The molecule has 0 aliphatic carbocycles. The molecule has 84 valence electrons. The van der Waals surface area contributed by atoms with E-state index < -0.39 is 4.92 Å². The van der Waals surface area contributed by atoms with Gasteiger partial charge in [-0.15, -0.1) is 0 Å². The Balaban J connectivity index is 3.06. The van der Waals surface area contributed by atoms with Gasteiger partial charge in [0.15, 0.2) is 0 Å². The molecule has 1 heterocycles. The van der Waals surface area contributed by atoms with Crippen molar-refractivity contribution in [3.63, 3.8) is 0 Å². The number of anilines is 1. The van der Waals surface area contributed by atoms with Crippen molar-refractivity contribution in [3.8, 4) is 0 Å². The molecule has 0 aliphatic rings. The first kappa shape index (κ1) is 11.9. The van der Waals surface area contributed by atoms with E-state index in [0.717, 1.165) is 17.1 Å². The predicted molar refractivity (Wildman–Crippen MR) is 61.6 cm³/mol. The van der Waals surface area contributed by atoms with E-state index in [1.807, 2.05) is 19.0 Å². The summed E-state index contributed by atoms with van der Waals surface area (Å²) in [5, 5.41) is 10.6. The fourth-order valence-corrected chi connectivity index (χ4v) is 2.43. The largest absolute Gasteiger partial charge is 0.425 e. The van der Waals surface area contributed by atoms with Crippen LogP contribution in [0, 0.1) is 16.0 Å². The van der Waals surface area contributed by atoms with E-state index in [2.05, 4.69) is 18.8 Å². The van der Waals surface area contributed by atoms with Gasteiger partial charge >= 0.3 is 5.13 Å². The minimum atomic E-state index is -0.429. The second-order valence-corrected chi connectivity index (χ2v) is 5.05. The lowest BCUT2D eigenvalue weighted by atomic mass is 10.1. The molecule has 0 saturated heterocycles. The Morgan fingerprint density at radius 3 is 2.53 bits per heavy atom. The van der Waals surface area contributed by atoms with Crippen LogP contribution in [-0.2, 0) is 6.42 Å². The number of hydrogen-bond acceptors (Lipinski definition) is 5. The van der Waals surface area contributed by atoms with Gasteiger partial charge in [0.25, 0.3) is 5.82 Å². The summed E-state index contributed by atoms with van der Waals surface area (Å²) in [6, 6.07) is 0. The number of nitro groups is 1. The Hall–Kier alpha value is -1.17. The molecular weight excluding hydrogens is 214 g/mol. The molecule has 5 nitrogen and oxygen atoms in total. The molecule has 0 unspecified atom stereocenters. The highest BCUT2D eigenvalue weighted by Gasteiger charge is 2.23. The summed E-state index contributed by atoms with van der Waals surface area (Å²) in [6.07, 6.45) is 0.832. The SMILES string of the molecule is CC(C)Cc1sc([N+](=O)[O-])nc1N(C)C. The Kier molecular flexibility index (Phi) is 3.62. The molecule has 1 aromatic heterocycles. The molecule has 15 heavy (non-hydrogen) atoms. The molecule has 0 atom stereocenters. The number of nitrogens with zero attached hydrogens (tertiary/aromatic N) is 3. The topological polar surface area (TPSA) is 59.3 Å². The first-order chi connectivity index (χ1) is 6.91. The molecule has 0 aliphatic heterocycles. The summed E-state index contributed by atoms with van der Waals surface area (Å²) in [4.78, 5) is 17.0. The van der Waals surface area contributed by atoms with Gasteiger partial charge in [0, 0.05) is 14.1 Å². The van der Waals surface area contributed by atoms with Gasteiger partial charge in [-0.2, -0.15) is 0 Å². The highest BCUT2D eigenvalue weighted by Crippen LogP contribution is 2.31. The Bertz CT molecular complexity index is 360. The summed E-state index contributed by atoms with van der Waals surface area (Å²) in [5.74, 6) is 1.20. The minimum absolute atomic E-state index is 0.0191. The highest BCUT2D eigenvalue weighted by atomic mass is 32.1. The van der Waals surface area contributed by atoms with Crippen molar-refractivity contribution in [3.05, 3.63) is 15.0 Å². The Morgan fingerprint density at radius 1 is 1.53 bits per heavy atom. The van der Waals surface area contributed by atoms with Crippen molar-refractivity contribution in [1.29, 1.82) is 0 Å². The maximum absolute atomic E-state index is 10.6. The van der Waals surface area contributed by atoms with Gasteiger partial charge in [-0.05, 0) is 33.6 Å². The second-order valence-electron chi connectivity index (χ2n) is 3.99. The maximum atomic E-state index is 10.6. The lowest BCUT2D eigenvalue weighted by Gasteiger charge is -2.07. The Morgan fingerprint density at radius 2 is 2.13 bits per heavy atom. The quantitative estimate of drug-likeness (QED) is 0.587. The molecule has 0 fully saturated rings. The van der Waals surface area contributed by atoms with Crippen LogP contribution in [0.4, 0.5) is 10.9 Å². The average Bonchev–Trinajstić information content (AvgIpc) is 2.46. The van der Waals surface area contributed by atoms with Crippen LogP contribution in [-0.4, -0.2) is 24.0 Å². The first-order valence-electron chi connectivity index (χ1n) is 4.73. The standard InChI is InChI=1S/C9H15N3O2S/c1-6(2)5-7-8(11(3)4)10-9(15-7)12(13)14/h6H,5H2,1-4H3. The number of thiazole rings is 1. The zero-order valence-electron chi connectivity index (χ0n) is 9.35. The highest BCUT2D eigenvalue weighted by molar-refractivity contribution is 7.15. The molecule has 6 heteroatoms. The third-order valence-corrected chi connectivity index (χ3v) is 2.86. The summed E-state index contributed by atoms with van der Waals surface area (Å²) in [6.45, 7) is 4.18. The van der Waals surface area contributed by atoms with E-state index in [1.54, 1.807) is 0 Å². The number of aromatic nitrogens is 1. The maximum Gasteiger partial charge on any atom is 0.425 e. The van der Waals surface area contributed by atoms with Crippen molar-refractivity contribution < 1.29 is 4.92 Å². The van der Waals surface area contributed by atoms with E-state index in [4.69, 9.17) is 0 Å². The van der Waals surface area contributed by atoms with Crippen LogP contribution in [0.5, 0.6) is 0 Å². The van der Waals surface area contributed by atoms with Gasteiger partial charge in [-0.1, -0.05) is 13.8 Å². The fourth-order valence-electron chi connectivity index (χ4n) is 1.26. The number of rotatable bonds is 4. The molecular formula is C9H15N3O2S. The molecule has 0 bridgehead atoms. The van der Waals surface area contributed by atoms with Crippen molar-refractivity contribution in [2.45, 2.75) is 20.3 Å². The van der Waals surface area contributed by atoms with Gasteiger partial charge in [0.1, 0.15) is 0 Å². The molecule has 0 saturated carbocycles. The average molecular weight is 229 g/mol. The van der Waals surface area contributed by atoms with Crippen LogP contribution in [0.2, 0.25) is 0 Å². The predicted octanol–water partition coefficient (Wildman–Crippen LogP) is 2.32. The third-order valence-electron chi connectivity index (χ3n) is 1.84. The van der Waals surface area contributed by atoms with E-state index >= 15 is 0 Å². The molecule has 0 spiro atoms. The zero-order valence-corrected chi connectivity index (χ0v) is 10.2. The number of hydrogen-bond donors (Lipinski definition) is 0. The molecule has 0 N–H and O–H groups in total. The normalized spacial score (nSPS) is 10.7. The summed E-state index contributed by atoms with van der Waals surface area (Å²) in [7, 11) is 3.70. The smallest absolute Gasteiger partial charge is 0.357 e. The van der Waals surface area contributed by atoms with Crippen LogP contribution >= 0.6 is 11.3 Å². The van der Waals surface area contributed by atoms with E-state index in [0.29, 0.717) is 5.92 Å². The lowest BCUT2D eigenvalue weighted by Crippen LogP contribution is -2.11. The van der Waals surface area contributed by atoms with Crippen LogP contribution < -0.4 is 4.90 Å². The molecule has 0 radical (unpaired) electrons. The first-order valence-corrected chi connectivity index (χ1v) is 5.55. The minimum Gasteiger partial charge on any atom is -0.357 e. The summed E-state index contributed by atoms with van der Waals surface area (Å²) in [5.41, 5.74) is 0. The third kappa shape index (κ3) is 2.89. The van der Waals surface area contributed by atoms with Crippen LogP contribution in [0.3, 0.4) is 0 Å². The van der Waals surface area contributed by atoms with Crippen molar-refractivity contribution in [2.24, 2.45) is 5.92 Å². The molecule has 1 aromatic rings. The zero-order chi connectivity index (χ0) is 11.6. The van der Waals surface area contributed by atoms with Crippen LogP contribution in [0.25, 0.3) is 0 Å². The monoisotopic (exact) mass is 229 g/mol. The van der Waals surface area contributed by atoms with Gasteiger partial charge in [-0.3, -0.25) is 0 Å². The van der Waals surface area contributed by atoms with Gasteiger partial charge in [0.05, 0.1) is 4.88 Å². The van der Waals surface area contributed by atoms with Crippen molar-refractivity contribution in [1.82, 2.24) is 4.98 Å². The van der Waals surface area contributed by atoms with E-state index in [-0.39, 0.29) is 5.13 Å². The van der Waals surface area contributed by atoms with E-state index in [1.165, 1.54) is 11.3 Å². The van der Waals surface area contributed by atoms with Crippen LogP contribution in [0.1, 0.15) is 18.7 Å². The lowest BCUT2D eigenvalue weighted by molar-refractivity contribution is -0.384. The van der Waals surface area contributed by atoms with Crippen molar-refractivity contribution >= 4 is 22.3 Å². The molecule has 0 amide bonds. The summed E-state index contributed by atoms with van der Waals surface area (Å²) >= 11 is 1.17. The van der Waals surface area contributed by atoms with Crippen LogP contribution in [0.15, 0.2) is 0 Å². The summed E-state index contributed by atoms with van der Waals surface area (Å²) < 4.78 is 0. The Labute approximate surface area is 92.9 Å². The molecule has 0 aromatic carbocycles. The fraction of sp³-hybridized carbons (Fsp3) is 0.667. The molecule has 1 rings (SSSR count). The van der Waals surface area contributed by atoms with Crippen molar-refractivity contribution in [2.75, 3.05) is 19.0 Å². The second kappa shape index (κ2) is 4.57. The van der Waals surface area contributed by atoms with Gasteiger partial charge in [-0.25, -0.2) is 0 Å². The van der Waals surface area contributed by atoms with Gasteiger partial charge < -0.3 is 15.0 Å². The van der Waals surface area contributed by atoms with Gasteiger partial charge in [0.2, 0.25) is 0 Å². The van der Waals surface area contributed by atoms with E-state index in [9.17, 15) is 10.1 Å².